The summed E-state index contributed by atoms with van der Waals surface area (Å²) in [5.41, 5.74) is 0. The summed E-state index contributed by atoms with van der Waals surface area (Å²) in [6.45, 7) is 19.2. The second kappa shape index (κ2) is 6.50. The van der Waals surface area contributed by atoms with Gasteiger partial charge < -0.3 is 19.0 Å². The van der Waals surface area contributed by atoms with Crippen molar-refractivity contribution in [3.05, 3.63) is 12.7 Å². The van der Waals surface area contributed by atoms with Crippen molar-refractivity contribution in [2.75, 3.05) is 13.2 Å². The minimum absolute atomic E-state index is 0.0121. The van der Waals surface area contributed by atoms with E-state index in [1.54, 1.807) is 0 Å². The van der Waals surface area contributed by atoms with E-state index in [0.717, 1.165) is 0 Å². The third-order valence-corrected chi connectivity index (χ3v) is 9.07. The van der Waals surface area contributed by atoms with E-state index in [-0.39, 0.29) is 29.8 Å². The molecule has 0 radical (unpaired) electrons. The van der Waals surface area contributed by atoms with E-state index in [1.807, 2.05) is 19.9 Å². The van der Waals surface area contributed by atoms with Crippen molar-refractivity contribution >= 4 is 8.32 Å². The molecule has 1 aliphatic heterocycles. The quantitative estimate of drug-likeness (QED) is 0.603. The van der Waals surface area contributed by atoms with Gasteiger partial charge >= 0.3 is 0 Å². The van der Waals surface area contributed by atoms with Gasteiger partial charge in [-0.3, -0.25) is 0 Å². The Bertz CT molecular complexity index is 360. The highest BCUT2D eigenvalue weighted by atomic mass is 28.4. The van der Waals surface area contributed by atoms with Gasteiger partial charge in [0.15, 0.2) is 14.1 Å². The molecule has 4 nitrogen and oxygen atoms in total. The zero-order chi connectivity index (χ0) is 16.5. The maximum Gasteiger partial charge on any atom is 0.192 e. The van der Waals surface area contributed by atoms with E-state index < -0.39 is 14.1 Å². The summed E-state index contributed by atoms with van der Waals surface area (Å²) >= 11 is 0. The monoisotopic (exact) mass is 316 g/mol. The van der Waals surface area contributed by atoms with Gasteiger partial charge in [0.1, 0.15) is 6.10 Å². The van der Waals surface area contributed by atoms with Crippen LogP contribution < -0.4 is 0 Å². The summed E-state index contributed by atoms with van der Waals surface area (Å²) in [7, 11) is -1.81. The lowest BCUT2D eigenvalue weighted by atomic mass is 9.99. The highest BCUT2D eigenvalue weighted by molar-refractivity contribution is 6.74. The number of ether oxygens (including phenoxy) is 2. The first kappa shape index (κ1) is 18.8. The fourth-order valence-corrected chi connectivity index (χ4v) is 3.23. The van der Waals surface area contributed by atoms with E-state index >= 15 is 0 Å². The second-order valence-electron chi connectivity index (χ2n) is 7.79. The molecule has 5 heteroatoms. The highest BCUT2D eigenvalue weighted by Gasteiger charge is 2.45. The second-order valence-corrected chi connectivity index (χ2v) is 12.6. The van der Waals surface area contributed by atoms with Gasteiger partial charge in [0.05, 0.1) is 12.7 Å². The van der Waals surface area contributed by atoms with Crippen LogP contribution in [0.5, 0.6) is 0 Å². The molecule has 0 aromatic rings. The Balaban J connectivity index is 2.74. The normalized spacial score (nSPS) is 27.6. The fourth-order valence-electron chi connectivity index (χ4n) is 2.19. The van der Waals surface area contributed by atoms with Crippen LogP contribution in [0.1, 0.15) is 34.6 Å². The average Bonchev–Trinajstić information content (AvgIpc) is 2.64. The number of hydrogen-bond donors (Lipinski definition) is 1. The Labute approximate surface area is 130 Å². The van der Waals surface area contributed by atoms with Crippen molar-refractivity contribution in [3.8, 4) is 0 Å². The van der Waals surface area contributed by atoms with Crippen molar-refractivity contribution < 1.29 is 19.0 Å². The number of aliphatic hydroxyl groups excluding tert-OH is 1. The first-order chi connectivity index (χ1) is 9.43. The molecule has 0 spiro atoms. The molecule has 0 amide bonds. The van der Waals surface area contributed by atoms with Gasteiger partial charge in [0, 0.05) is 12.5 Å². The Morgan fingerprint density at radius 1 is 1.33 bits per heavy atom. The first-order valence-electron chi connectivity index (χ1n) is 7.66. The molecule has 1 fully saturated rings. The molecule has 0 saturated carbocycles. The molecular formula is C16H32O4Si. The lowest BCUT2D eigenvalue weighted by molar-refractivity contribution is -0.152. The van der Waals surface area contributed by atoms with Crippen LogP contribution in [0.3, 0.4) is 0 Å². The minimum atomic E-state index is -1.81. The van der Waals surface area contributed by atoms with Crippen LogP contribution >= 0.6 is 0 Å². The van der Waals surface area contributed by atoms with Gasteiger partial charge in [0.25, 0.3) is 0 Å². The molecule has 1 saturated heterocycles. The predicted molar refractivity (Wildman–Crippen MR) is 87.7 cm³/mol. The highest BCUT2D eigenvalue weighted by Crippen LogP contribution is 2.38. The summed E-state index contributed by atoms with van der Waals surface area (Å²) in [5, 5.41) is 9.67. The van der Waals surface area contributed by atoms with Crippen molar-refractivity contribution in [1.82, 2.24) is 0 Å². The number of rotatable bonds is 6. The maximum atomic E-state index is 9.50. The van der Waals surface area contributed by atoms with Gasteiger partial charge in [-0.15, -0.1) is 6.58 Å². The summed E-state index contributed by atoms with van der Waals surface area (Å²) in [4.78, 5) is 0. The Kier molecular flexibility index (Phi) is 5.84. The van der Waals surface area contributed by atoms with E-state index in [1.165, 1.54) is 0 Å². The molecular weight excluding hydrogens is 284 g/mol. The third-order valence-electron chi connectivity index (χ3n) is 4.57. The van der Waals surface area contributed by atoms with E-state index in [9.17, 15) is 5.11 Å². The zero-order valence-electron chi connectivity index (χ0n) is 14.6. The molecule has 1 N–H and O–H groups in total. The average molecular weight is 317 g/mol. The van der Waals surface area contributed by atoms with E-state index in [0.29, 0.717) is 6.61 Å². The smallest absolute Gasteiger partial charge is 0.192 e. The largest absolute Gasteiger partial charge is 0.416 e. The Hall–Kier alpha value is -0.203. The van der Waals surface area contributed by atoms with Gasteiger partial charge in [-0.1, -0.05) is 26.8 Å². The van der Waals surface area contributed by atoms with Gasteiger partial charge in [-0.25, -0.2) is 0 Å². The lowest BCUT2D eigenvalue weighted by Crippen LogP contribution is -2.44. The summed E-state index contributed by atoms with van der Waals surface area (Å²) in [5.74, 6) is -0.658. The molecule has 0 bridgehead atoms. The van der Waals surface area contributed by atoms with Gasteiger partial charge in [-0.05, 0) is 32.0 Å². The molecule has 0 aliphatic carbocycles. The van der Waals surface area contributed by atoms with Crippen LogP contribution in [-0.4, -0.2) is 44.6 Å². The molecule has 1 rings (SSSR count). The Morgan fingerprint density at radius 3 is 2.33 bits per heavy atom. The van der Waals surface area contributed by atoms with Crippen LogP contribution in [0.25, 0.3) is 0 Å². The van der Waals surface area contributed by atoms with E-state index in [2.05, 4.69) is 40.4 Å². The van der Waals surface area contributed by atoms with Crippen LogP contribution in [0.4, 0.5) is 0 Å². The number of aliphatic hydroxyl groups is 1. The Morgan fingerprint density at radius 2 is 1.90 bits per heavy atom. The molecule has 21 heavy (non-hydrogen) atoms. The molecule has 0 aromatic carbocycles. The fraction of sp³-hybridized carbons (Fsp3) is 0.875. The molecule has 0 aromatic heterocycles. The molecule has 1 heterocycles. The third kappa shape index (κ3) is 4.63. The lowest BCUT2D eigenvalue weighted by Gasteiger charge is -2.37. The number of hydrogen-bond acceptors (Lipinski definition) is 4. The maximum absolute atomic E-state index is 9.50. The van der Waals surface area contributed by atoms with Crippen molar-refractivity contribution in [1.29, 1.82) is 0 Å². The SMILES string of the molecule is C=C[C@H](CO[Si](C)(C)C(C)(C)C)[C@@H]1OC(C)(C)O[C@H]1CO. The summed E-state index contributed by atoms with van der Waals surface area (Å²) in [6, 6.07) is 0. The van der Waals surface area contributed by atoms with Crippen molar-refractivity contribution in [3.63, 3.8) is 0 Å². The molecule has 3 atom stereocenters. The van der Waals surface area contributed by atoms with Crippen molar-refractivity contribution in [2.24, 2.45) is 5.92 Å². The van der Waals surface area contributed by atoms with Crippen LogP contribution in [0.15, 0.2) is 12.7 Å². The zero-order valence-corrected chi connectivity index (χ0v) is 15.6. The topological polar surface area (TPSA) is 47.9 Å². The minimum Gasteiger partial charge on any atom is -0.416 e. The molecule has 124 valence electrons. The standard InChI is InChI=1S/C16H32O4Si/c1-9-12(11-18-21(7,8)15(2,3)4)14-13(10-17)19-16(5,6)20-14/h9,12-14,17H,1,10-11H2,2-8H3/t12-,13+,14+/m1/s1. The van der Waals surface area contributed by atoms with Crippen LogP contribution in [0, 0.1) is 5.92 Å². The van der Waals surface area contributed by atoms with Crippen LogP contribution in [-0.2, 0) is 13.9 Å². The molecule has 0 unspecified atom stereocenters. The predicted octanol–water partition coefficient (Wildman–Crippen LogP) is 3.32. The van der Waals surface area contributed by atoms with E-state index in [4.69, 9.17) is 13.9 Å². The summed E-state index contributed by atoms with van der Waals surface area (Å²) < 4.78 is 17.9. The van der Waals surface area contributed by atoms with Crippen molar-refractivity contribution in [2.45, 2.75) is 70.7 Å². The van der Waals surface area contributed by atoms with Gasteiger partial charge in [0.2, 0.25) is 0 Å². The molecule has 1 aliphatic rings. The first-order valence-corrected chi connectivity index (χ1v) is 10.6. The van der Waals surface area contributed by atoms with Crippen LogP contribution in [0.2, 0.25) is 18.1 Å². The van der Waals surface area contributed by atoms with Gasteiger partial charge in [-0.2, -0.15) is 0 Å². The summed E-state index contributed by atoms with van der Waals surface area (Å²) in [6.07, 6.45) is 1.31.